The monoisotopic (exact) mass is 438 g/mol. The Morgan fingerprint density at radius 3 is 1.97 bits per heavy atom. The van der Waals surface area contributed by atoms with E-state index in [9.17, 15) is 9.59 Å². The maximum Gasteiger partial charge on any atom is 0.242 e. The molecule has 172 valence electrons. The van der Waals surface area contributed by atoms with Gasteiger partial charge in [0.25, 0.3) is 0 Å². The largest absolute Gasteiger partial charge is 0.497 e. The molecule has 0 bridgehead atoms. The Hall–Kier alpha value is -3.02. The van der Waals surface area contributed by atoms with Gasteiger partial charge in [0, 0.05) is 12.6 Å². The summed E-state index contributed by atoms with van der Waals surface area (Å²) >= 11 is 0. The maximum atomic E-state index is 13.3. The molecule has 1 N–H and O–H groups in total. The fraction of sp³-hybridized carbons (Fsp3) is 0.462. The summed E-state index contributed by atoms with van der Waals surface area (Å²) in [6.45, 7) is 2.17. The van der Waals surface area contributed by atoms with Gasteiger partial charge in [-0.15, -0.1) is 0 Å². The number of amides is 2. The molecule has 1 unspecified atom stereocenters. The van der Waals surface area contributed by atoms with Crippen LogP contribution in [0.5, 0.6) is 11.5 Å². The Labute approximate surface area is 190 Å². The second kappa shape index (κ2) is 11.6. The molecule has 0 radical (unpaired) electrons. The van der Waals surface area contributed by atoms with Crippen LogP contribution in [0.3, 0.4) is 0 Å². The van der Waals surface area contributed by atoms with Gasteiger partial charge in [0.05, 0.1) is 20.6 Å². The normalized spacial score (nSPS) is 15.0. The van der Waals surface area contributed by atoms with Gasteiger partial charge in [0.1, 0.15) is 17.5 Å². The Kier molecular flexibility index (Phi) is 8.54. The van der Waals surface area contributed by atoms with Crippen LogP contribution in [-0.4, -0.2) is 43.0 Å². The van der Waals surface area contributed by atoms with Gasteiger partial charge in [0.15, 0.2) is 0 Å². The summed E-state index contributed by atoms with van der Waals surface area (Å²) in [5.41, 5.74) is 1.83. The minimum absolute atomic E-state index is 0.0859. The zero-order valence-corrected chi connectivity index (χ0v) is 19.3. The maximum absolute atomic E-state index is 13.3. The lowest BCUT2D eigenvalue weighted by Gasteiger charge is -2.31. The highest BCUT2D eigenvalue weighted by Gasteiger charge is 2.28. The molecule has 2 aromatic rings. The van der Waals surface area contributed by atoms with Gasteiger partial charge in [-0.1, -0.05) is 43.5 Å². The second-order valence-corrected chi connectivity index (χ2v) is 8.41. The lowest BCUT2D eigenvalue weighted by molar-refractivity contribution is -0.140. The number of methoxy groups -OCH3 is 2. The summed E-state index contributed by atoms with van der Waals surface area (Å²) < 4.78 is 10.4. The molecular formula is C26H34N2O4. The molecule has 1 aliphatic carbocycles. The molecular weight excluding hydrogens is 404 g/mol. The van der Waals surface area contributed by atoms with Crippen molar-refractivity contribution in [1.82, 2.24) is 10.2 Å². The van der Waals surface area contributed by atoms with E-state index in [1.165, 1.54) is 6.42 Å². The topological polar surface area (TPSA) is 67.9 Å². The van der Waals surface area contributed by atoms with Crippen molar-refractivity contribution in [3.63, 3.8) is 0 Å². The van der Waals surface area contributed by atoms with Crippen LogP contribution in [0.4, 0.5) is 0 Å². The van der Waals surface area contributed by atoms with E-state index in [0.717, 1.165) is 48.3 Å². The van der Waals surface area contributed by atoms with Crippen LogP contribution in [0.1, 0.15) is 50.2 Å². The van der Waals surface area contributed by atoms with Gasteiger partial charge in [-0.25, -0.2) is 0 Å². The van der Waals surface area contributed by atoms with Gasteiger partial charge >= 0.3 is 0 Å². The third-order valence-electron chi connectivity index (χ3n) is 6.15. The molecule has 1 atom stereocenters. The number of hydrogen-bond donors (Lipinski definition) is 1. The lowest BCUT2D eigenvalue weighted by atomic mass is 9.95. The first kappa shape index (κ1) is 23.6. The molecule has 1 fully saturated rings. The van der Waals surface area contributed by atoms with E-state index in [1.807, 2.05) is 55.5 Å². The number of rotatable bonds is 9. The Balaban J connectivity index is 1.74. The van der Waals surface area contributed by atoms with E-state index in [0.29, 0.717) is 6.54 Å². The number of carbonyl (C=O) groups excluding carboxylic acids is 2. The minimum Gasteiger partial charge on any atom is -0.497 e. The molecule has 2 amide bonds. The highest BCUT2D eigenvalue weighted by Crippen LogP contribution is 2.20. The Bertz CT molecular complexity index is 874. The molecule has 0 saturated heterocycles. The van der Waals surface area contributed by atoms with Crippen molar-refractivity contribution in [2.45, 2.75) is 64.1 Å². The number of benzene rings is 2. The number of nitrogens with zero attached hydrogens (tertiary/aromatic N) is 1. The molecule has 0 aliphatic heterocycles. The highest BCUT2D eigenvalue weighted by atomic mass is 16.5. The average Bonchev–Trinajstić information content (AvgIpc) is 2.83. The van der Waals surface area contributed by atoms with Crippen molar-refractivity contribution in [2.24, 2.45) is 0 Å². The van der Waals surface area contributed by atoms with Crippen LogP contribution in [-0.2, 0) is 22.6 Å². The number of ether oxygens (including phenoxy) is 2. The predicted molar refractivity (Wildman–Crippen MR) is 125 cm³/mol. The smallest absolute Gasteiger partial charge is 0.242 e. The highest BCUT2D eigenvalue weighted by molar-refractivity contribution is 5.88. The summed E-state index contributed by atoms with van der Waals surface area (Å²) in [5.74, 6) is 1.33. The van der Waals surface area contributed by atoms with E-state index in [1.54, 1.807) is 19.1 Å². The van der Waals surface area contributed by atoms with E-state index >= 15 is 0 Å². The van der Waals surface area contributed by atoms with E-state index in [-0.39, 0.29) is 24.3 Å². The third-order valence-corrected chi connectivity index (χ3v) is 6.15. The number of nitrogens with one attached hydrogen (secondary N) is 1. The van der Waals surface area contributed by atoms with E-state index in [2.05, 4.69) is 5.32 Å². The van der Waals surface area contributed by atoms with Crippen LogP contribution < -0.4 is 14.8 Å². The summed E-state index contributed by atoms with van der Waals surface area (Å²) in [6, 6.07) is 14.7. The van der Waals surface area contributed by atoms with Gasteiger partial charge < -0.3 is 19.7 Å². The molecule has 1 saturated carbocycles. The van der Waals surface area contributed by atoms with Crippen LogP contribution in [0.2, 0.25) is 0 Å². The van der Waals surface area contributed by atoms with Crippen LogP contribution in [0.25, 0.3) is 0 Å². The van der Waals surface area contributed by atoms with Gasteiger partial charge in [-0.05, 0) is 55.2 Å². The van der Waals surface area contributed by atoms with Crippen molar-refractivity contribution in [3.8, 4) is 11.5 Å². The van der Waals surface area contributed by atoms with E-state index < -0.39 is 6.04 Å². The fourth-order valence-electron chi connectivity index (χ4n) is 4.10. The fourth-order valence-corrected chi connectivity index (χ4v) is 4.10. The first-order valence-corrected chi connectivity index (χ1v) is 11.4. The SMILES string of the molecule is COc1ccc(CC(=O)N(Cc2ccc(OC)cc2)C(C)C(=O)NC2CCCCC2)cc1. The molecule has 1 aliphatic rings. The van der Waals surface area contributed by atoms with Gasteiger partial charge in [-0.3, -0.25) is 9.59 Å². The third kappa shape index (κ3) is 6.49. The van der Waals surface area contributed by atoms with Gasteiger partial charge in [0.2, 0.25) is 11.8 Å². The summed E-state index contributed by atoms with van der Waals surface area (Å²) in [7, 11) is 3.24. The summed E-state index contributed by atoms with van der Waals surface area (Å²) in [6.07, 6.45) is 5.76. The van der Waals surface area contributed by atoms with Crippen LogP contribution in [0, 0.1) is 0 Å². The summed E-state index contributed by atoms with van der Waals surface area (Å²) in [4.78, 5) is 28.0. The van der Waals surface area contributed by atoms with Crippen LogP contribution >= 0.6 is 0 Å². The van der Waals surface area contributed by atoms with Crippen LogP contribution in [0.15, 0.2) is 48.5 Å². The van der Waals surface area contributed by atoms with Crippen molar-refractivity contribution in [2.75, 3.05) is 14.2 Å². The Morgan fingerprint density at radius 2 is 1.44 bits per heavy atom. The quantitative estimate of drug-likeness (QED) is 0.640. The molecule has 2 aromatic carbocycles. The molecule has 6 heteroatoms. The second-order valence-electron chi connectivity index (χ2n) is 8.41. The van der Waals surface area contributed by atoms with Crippen molar-refractivity contribution < 1.29 is 19.1 Å². The lowest BCUT2D eigenvalue weighted by Crippen LogP contribution is -2.50. The number of hydrogen-bond acceptors (Lipinski definition) is 4. The molecule has 0 aromatic heterocycles. The van der Waals surface area contributed by atoms with Crippen molar-refractivity contribution in [1.29, 1.82) is 0 Å². The zero-order valence-electron chi connectivity index (χ0n) is 19.3. The standard InChI is InChI=1S/C26H34N2O4/c1-19(26(30)27-22-7-5-4-6-8-22)28(18-21-11-15-24(32-3)16-12-21)25(29)17-20-9-13-23(31-2)14-10-20/h9-16,19,22H,4-8,17-18H2,1-3H3,(H,27,30). The average molecular weight is 439 g/mol. The first-order valence-electron chi connectivity index (χ1n) is 11.4. The Morgan fingerprint density at radius 1 is 0.906 bits per heavy atom. The molecule has 32 heavy (non-hydrogen) atoms. The van der Waals surface area contributed by atoms with E-state index in [4.69, 9.17) is 9.47 Å². The van der Waals surface area contributed by atoms with Crippen molar-refractivity contribution in [3.05, 3.63) is 59.7 Å². The molecule has 3 rings (SSSR count). The molecule has 6 nitrogen and oxygen atoms in total. The first-order chi connectivity index (χ1) is 15.5. The van der Waals surface area contributed by atoms with Crippen molar-refractivity contribution >= 4 is 11.8 Å². The zero-order chi connectivity index (χ0) is 22.9. The predicted octanol–water partition coefficient (Wildman–Crippen LogP) is 4.11. The number of carbonyl (C=O) groups is 2. The molecule has 0 heterocycles. The van der Waals surface area contributed by atoms with Gasteiger partial charge in [-0.2, -0.15) is 0 Å². The molecule has 0 spiro atoms. The minimum atomic E-state index is -0.565. The summed E-state index contributed by atoms with van der Waals surface area (Å²) in [5, 5.41) is 3.17.